The van der Waals surface area contributed by atoms with Crippen molar-refractivity contribution in [2.75, 3.05) is 39.8 Å². The standard InChI is InChI=1S/C18H22ClN5O3/c1-20-15(25)12-23-8-10-24(11-9-23)17(26)7-6-16-21-18(22-27-16)13-2-4-14(19)5-3-13/h2-5H,6-12H2,1H3,(H,20,25). The van der Waals surface area contributed by atoms with Crippen LogP contribution in [0.4, 0.5) is 0 Å². The number of nitrogens with one attached hydrogen (secondary N) is 1. The number of aromatic nitrogens is 2. The Hall–Kier alpha value is -2.45. The Labute approximate surface area is 162 Å². The van der Waals surface area contributed by atoms with Gasteiger partial charge in [-0.25, -0.2) is 0 Å². The highest BCUT2D eigenvalue weighted by Crippen LogP contribution is 2.19. The first-order chi connectivity index (χ1) is 13.0. The summed E-state index contributed by atoms with van der Waals surface area (Å²) in [6, 6.07) is 7.17. The van der Waals surface area contributed by atoms with Crippen molar-refractivity contribution < 1.29 is 14.1 Å². The number of hydrogen-bond donors (Lipinski definition) is 1. The molecule has 1 saturated heterocycles. The summed E-state index contributed by atoms with van der Waals surface area (Å²) in [5, 5.41) is 7.21. The maximum atomic E-state index is 12.4. The average molecular weight is 392 g/mol. The number of rotatable bonds is 6. The summed E-state index contributed by atoms with van der Waals surface area (Å²) in [6.45, 7) is 3.00. The summed E-state index contributed by atoms with van der Waals surface area (Å²) in [5.41, 5.74) is 0.813. The van der Waals surface area contributed by atoms with E-state index in [0.29, 0.717) is 62.3 Å². The second kappa shape index (κ2) is 8.96. The van der Waals surface area contributed by atoms with Gasteiger partial charge < -0.3 is 14.7 Å². The fourth-order valence-corrected chi connectivity index (χ4v) is 3.01. The van der Waals surface area contributed by atoms with Gasteiger partial charge in [0.2, 0.25) is 23.5 Å². The van der Waals surface area contributed by atoms with Crippen molar-refractivity contribution in [1.29, 1.82) is 0 Å². The van der Waals surface area contributed by atoms with E-state index in [-0.39, 0.29) is 11.8 Å². The summed E-state index contributed by atoms with van der Waals surface area (Å²) in [4.78, 5) is 32.0. The summed E-state index contributed by atoms with van der Waals surface area (Å²) >= 11 is 5.87. The highest BCUT2D eigenvalue weighted by molar-refractivity contribution is 6.30. The zero-order valence-electron chi connectivity index (χ0n) is 15.2. The number of amides is 2. The van der Waals surface area contributed by atoms with E-state index in [1.165, 1.54) is 0 Å². The molecule has 0 aliphatic carbocycles. The van der Waals surface area contributed by atoms with Crippen LogP contribution in [-0.2, 0) is 16.0 Å². The van der Waals surface area contributed by atoms with Crippen LogP contribution in [0.2, 0.25) is 5.02 Å². The summed E-state index contributed by atoms with van der Waals surface area (Å²) in [5.74, 6) is 0.965. The fraction of sp³-hybridized carbons (Fsp3) is 0.444. The molecule has 144 valence electrons. The minimum atomic E-state index is -0.0114. The van der Waals surface area contributed by atoms with Gasteiger partial charge in [-0.2, -0.15) is 4.98 Å². The van der Waals surface area contributed by atoms with Crippen molar-refractivity contribution in [3.8, 4) is 11.4 Å². The maximum absolute atomic E-state index is 12.4. The molecule has 1 aliphatic rings. The first-order valence-corrected chi connectivity index (χ1v) is 9.22. The number of carbonyl (C=O) groups is 2. The lowest BCUT2D eigenvalue weighted by molar-refractivity contribution is -0.133. The molecule has 0 unspecified atom stereocenters. The fourth-order valence-electron chi connectivity index (χ4n) is 2.88. The van der Waals surface area contributed by atoms with Crippen molar-refractivity contribution in [2.45, 2.75) is 12.8 Å². The van der Waals surface area contributed by atoms with Crippen molar-refractivity contribution in [2.24, 2.45) is 0 Å². The Morgan fingerprint density at radius 3 is 2.56 bits per heavy atom. The van der Waals surface area contributed by atoms with Crippen LogP contribution in [0.15, 0.2) is 28.8 Å². The predicted octanol–water partition coefficient (Wildman–Crippen LogP) is 1.21. The van der Waals surface area contributed by atoms with Crippen molar-refractivity contribution in [1.82, 2.24) is 25.3 Å². The number of halogens is 1. The third-order valence-corrected chi connectivity index (χ3v) is 4.75. The van der Waals surface area contributed by atoms with Gasteiger partial charge in [0, 0.05) is 56.7 Å². The minimum absolute atomic E-state index is 0.0114. The van der Waals surface area contributed by atoms with Gasteiger partial charge in [0.25, 0.3) is 0 Å². The number of hydrogen-bond acceptors (Lipinski definition) is 6. The highest BCUT2D eigenvalue weighted by atomic mass is 35.5. The molecule has 0 bridgehead atoms. The first-order valence-electron chi connectivity index (χ1n) is 8.84. The van der Waals surface area contributed by atoms with Crippen molar-refractivity contribution in [3.63, 3.8) is 0 Å². The number of likely N-dealkylation sites (N-methyl/N-ethyl adjacent to an activating group) is 1. The molecule has 3 rings (SSSR count). The Morgan fingerprint density at radius 1 is 1.19 bits per heavy atom. The molecule has 0 spiro atoms. The second-order valence-electron chi connectivity index (χ2n) is 6.35. The molecular formula is C18H22ClN5O3. The van der Waals surface area contributed by atoms with Crippen LogP contribution in [0, 0.1) is 0 Å². The maximum Gasteiger partial charge on any atom is 0.233 e. The topological polar surface area (TPSA) is 91.6 Å². The average Bonchev–Trinajstić information content (AvgIpc) is 3.16. The number of piperazine rings is 1. The third kappa shape index (κ3) is 5.27. The molecule has 1 aromatic heterocycles. The van der Waals surface area contributed by atoms with E-state index in [9.17, 15) is 9.59 Å². The zero-order valence-corrected chi connectivity index (χ0v) is 15.9. The van der Waals surface area contributed by atoms with E-state index in [1.54, 1.807) is 19.2 Å². The van der Waals surface area contributed by atoms with Gasteiger partial charge in [0.05, 0.1) is 6.54 Å². The molecule has 2 aromatic rings. The Bertz CT molecular complexity index is 785. The third-order valence-electron chi connectivity index (χ3n) is 4.49. The van der Waals surface area contributed by atoms with Crippen LogP contribution in [0.5, 0.6) is 0 Å². The van der Waals surface area contributed by atoms with E-state index in [4.69, 9.17) is 16.1 Å². The predicted molar refractivity (Wildman–Crippen MR) is 100 cm³/mol. The normalized spacial score (nSPS) is 15.0. The van der Waals surface area contributed by atoms with Crippen molar-refractivity contribution in [3.05, 3.63) is 35.2 Å². The zero-order chi connectivity index (χ0) is 19.2. The molecular weight excluding hydrogens is 370 g/mol. The Kier molecular flexibility index (Phi) is 6.41. The highest BCUT2D eigenvalue weighted by Gasteiger charge is 2.22. The van der Waals surface area contributed by atoms with Crippen LogP contribution < -0.4 is 5.32 Å². The Balaban J connectivity index is 1.46. The molecule has 1 aromatic carbocycles. The molecule has 0 saturated carbocycles. The quantitative estimate of drug-likeness (QED) is 0.795. The van der Waals surface area contributed by atoms with Crippen LogP contribution in [0.25, 0.3) is 11.4 Å². The molecule has 0 radical (unpaired) electrons. The number of aryl methyl sites for hydroxylation is 1. The largest absolute Gasteiger partial charge is 0.358 e. The van der Waals surface area contributed by atoms with Crippen LogP contribution >= 0.6 is 11.6 Å². The van der Waals surface area contributed by atoms with E-state index in [2.05, 4.69) is 15.5 Å². The lowest BCUT2D eigenvalue weighted by Gasteiger charge is -2.34. The number of carbonyl (C=O) groups excluding carboxylic acids is 2. The van der Waals surface area contributed by atoms with E-state index in [1.807, 2.05) is 21.9 Å². The number of nitrogens with zero attached hydrogens (tertiary/aromatic N) is 4. The molecule has 8 nitrogen and oxygen atoms in total. The van der Waals surface area contributed by atoms with Gasteiger partial charge in [0.1, 0.15) is 0 Å². The SMILES string of the molecule is CNC(=O)CN1CCN(C(=O)CCc2nc(-c3ccc(Cl)cc3)no2)CC1. The van der Waals surface area contributed by atoms with E-state index < -0.39 is 0 Å². The van der Waals surface area contributed by atoms with Crippen LogP contribution in [0.3, 0.4) is 0 Å². The molecule has 1 fully saturated rings. The Morgan fingerprint density at radius 2 is 1.89 bits per heavy atom. The van der Waals surface area contributed by atoms with Crippen molar-refractivity contribution >= 4 is 23.4 Å². The van der Waals surface area contributed by atoms with Crippen LogP contribution in [-0.4, -0.2) is 71.5 Å². The lowest BCUT2D eigenvalue weighted by atomic mass is 10.2. The smallest absolute Gasteiger partial charge is 0.233 e. The van der Waals surface area contributed by atoms with Gasteiger partial charge in [-0.1, -0.05) is 16.8 Å². The summed E-state index contributed by atoms with van der Waals surface area (Å²) in [7, 11) is 1.62. The molecule has 27 heavy (non-hydrogen) atoms. The molecule has 2 heterocycles. The molecule has 2 amide bonds. The van der Waals surface area contributed by atoms with Crippen LogP contribution in [0.1, 0.15) is 12.3 Å². The lowest BCUT2D eigenvalue weighted by Crippen LogP contribution is -2.50. The molecule has 0 atom stereocenters. The molecule has 1 N–H and O–H groups in total. The van der Waals surface area contributed by atoms with Gasteiger partial charge in [-0.3, -0.25) is 14.5 Å². The minimum Gasteiger partial charge on any atom is -0.358 e. The molecule has 9 heteroatoms. The second-order valence-corrected chi connectivity index (χ2v) is 6.79. The first kappa shape index (κ1) is 19.3. The number of benzene rings is 1. The van der Waals surface area contributed by atoms with E-state index in [0.717, 1.165) is 5.56 Å². The molecule has 1 aliphatic heterocycles. The van der Waals surface area contributed by atoms with Gasteiger partial charge >= 0.3 is 0 Å². The summed E-state index contributed by atoms with van der Waals surface area (Å²) in [6.07, 6.45) is 0.718. The van der Waals surface area contributed by atoms with E-state index >= 15 is 0 Å². The monoisotopic (exact) mass is 391 g/mol. The van der Waals surface area contributed by atoms with Gasteiger partial charge in [-0.05, 0) is 24.3 Å². The van der Waals surface area contributed by atoms with Gasteiger partial charge in [0.15, 0.2) is 0 Å². The summed E-state index contributed by atoms with van der Waals surface area (Å²) < 4.78 is 5.24. The van der Waals surface area contributed by atoms with Gasteiger partial charge in [-0.15, -0.1) is 0 Å².